The number of nitrogens with zero attached hydrogens (tertiary/aromatic N) is 1. The molecule has 0 radical (unpaired) electrons. The van der Waals surface area contributed by atoms with E-state index in [9.17, 15) is 9.59 Å². The van der Waals surface area contributed by atoms with Crippen LogP contribution >= 0.6 is 0 Å². The number of carbonyl (C=O) groups excluding carboxylic acids is 2. The highest BCUT2D eigenvalue weighted by Crippen LogP contribution is 2.28. The van der Waals surface area contributed by atoms with Gasteiger partial charge in [0.25, 0.3) is 0 Å². The molecule has 1 aromatic rings. The number of aryl methyl sites for hydroxylation is 1. The summed E-state index contributed by atoms with van der Waals surface area (Å²) in [5, 5.41) is 2.94. The second-order valence-corrected chi connectivity index (χ2v) is 6.57. The molecular weight excluding hydrogens is 348 g/mol. The lowest BCUT2D eigenvalue weighted by Crippen LogP contribution is -2.47. The second-order valence-electron chi connectivity index (χ2n) is 6.57. The van der Waals surface area contributed by atoms with Crippen LogP contribution in [-0.2, 0) is 20.7 Å². The first-order valence-electron chi connectivity index (χ1n) is 9.43. The summed E-state index contributed by atoms with van der Waals surface area (Å²) < 4.78 is 15.7. The maximum Gasteiger partial charge on any atom is 0.246 e. The first kappa shape index (κ1) is 21.0. The number of rotatable bonds is 9. The number of piperidine rings is 1. The van der Waals surface area contributed by atoms with Crippen molar-refractivity contribution < 1.29 is 23.8 Å². The predicted octanol–water partition coefficient (Wildman–Crippen LogP) is 1.78. The Labute approximate surface area is 161 Å². The number of benzene rings is 1. The first-order valence-corrected chi connectivity index (χ1v) is 9.43. The number of hydrogen-bond donors (Lipinski definition) is 1. The Morgan fingerprint density at radius 3 is 2.56 bits per heavy atom. The summed E-state index contributed by atoms with van der Waals surface area (Å²) in [4.78, 5) is 25.9. The van der Waals surface area contributed by atoms with Crippen LogP contribution in [0.2, 0.25) is 0 Å². The highest BCUT2D eigenvalue weighted by molar-refractivity contribution is 5.78. The van der Waals surface area contributed by atoms with Crippen LogP contribution in [0.4, 0.5) is 0 Å². The summed E-state index contributed by atoms with van der Waals surface area (Å²) in [6.07, 6.45) is 2.67. The number of ether oxygens (including phenoxy) is 3. The predicted molar refractivity (Wildman–Crippen MR) is 102 cm³/mol. The van der Waals surface area contributed by atoms with Gasteiger partial charge in [-0.15, -0.1) is 0 Å². The van der Waals surface area contributed by atoms with E-state index in [2.05, 4.69) is 5.32 Å². The van der Waals surface area contributed by atoms with E-state index >= 15 is 0 Å². The molecule has 0 aromatic heterocycles. The Bertz CT molecular complexity index is 627. The maximum absolute atomic E-state index is 12.5. The molecule has 0 saturated carbocycles. The Morgan fingerprint density at radius 2 is 1.93 bits per heavy atom. The molecule has 1 aromatic carbocycles. The largest absolute Gasteiger partial charge is 0.493 e. The molecule has 0 atom stereocenters. The quantitative estimate of drug-likeness (QED) is 0.709. The molecule has 150 valence electrons. The van der Waals surface area contributed by atoms with Crippen molar-refractivity contribution in [2.24, 2.45) is 0 Å². The van der Waals surface area contributed by atoms with E-state index in [0.29, 0.717) is 44.0 Å². The van der Waals surface area contributed by atoms with Crippen LogP contribution in [0.15, 0.2) is 18.2 Å². The lowest BCUT2D eigenvalue weighted by molar-refractivity contribution is -0.132. The normalized spacial score (nSPS) is 14.7. The Hall–Kier alpha value is -2.28. The number of amides is 2. The van der Waals surface area contributed by atoms with E-state index in [-0.39, 0.29) is 24.5 Å². The van der Waals surface area contributed by atoms with Gasteiger partial charge >= 0.3 is 0 Å². The summed E-state index contributed by atoms with van der Waals surface area (Å²) >= 11 is 0. The van der Waals surface area contributed by atoms with Gasteiger partial charge in [-0.3, -0.25) is 9.59 Å². The first-order chi connectivity index (χ1) is 13.1. The molecule has 7 heteroatoms. The summed E-state index contributed by atoms with van der Waals surface area (Å²) in [5.74, 6) is 1.44. The standard InChI is InChI=1S/C20H30N2O5/c1-4-27-17-7-5-15(13-18(17)26-3)6-8-20(24)22-11-9-16(10-12-22)21-19(23)14-25-2/h5,7,13,16H,4,6,8-12,14H2,1-3H3,(H,21,23). The van der Waals surface area contributed by atoms with E-state index in [1.807, 2.05) is 30.0 Å². The molecule has 7 nitrogen and oxygen atoms in total. The van der Waals surface area contributed by atoms with Crippen LogP contribution in [-0.4, -0.2) is 63.3 Å². The van der Waals surface area contributed by atoms with Gasteiger partial charge in [0, 0.05) is 32.7 Å². The number of methoxy groups -OCH3 is 2. The van der Waals surface area contributed by atoms with Crippen molar-refractivity contribution in [1.29, 1.82) is 0 Å². The van der Waals surface area contributed by atoms with Crippen LogP contribution < -0.4 is 14.8 Å². The average molecular weight is 378 g/mol. The molecule has 0 bridgehead atoms. The number of hydrogen-bond acceptors (Lipinski definition) is 5. The van der Waals surface area contributed by atoms with E-state index < -0.39 is 0 Å². The third kappa shape index (κ3) is 6.43. The summed E-state index contributed by atoms with van der Waals surface area (Å²) in [5.41, 5.74) is 1.05. The van der Waals surface area contributed by atoms with Gasteiger partial charge in [0.05, 0.1) is 13.7 Å². The van der Waals surface area contributed by atoms with Gasteiger partial charge in [0.2, 0.25) is 11.8 Å². The van der Waals surface area contributed by atoms with Gasteiger partial charge < -0.3 is 24.4 Å². The second kappa shape index (κ2) is 10.8. The molecule has 1 aliphatic heterocycles. The van der Waals surface area contributed by atoms with Gasteiger partial charge in [-0.25, -0.2) is 0 Å². The molecule has 2 amide bonds. The highest BCUT2D eigenvalue weighted by Gasteiger charge is 2.23. The smallest absolute Gasteiger partial charge is 0.246 e. The van der Waals surface area contributed by atoms with Gasteiger partial charge in [0.1, 0.15) is 6.61 Å². The lowest BCUT2D eigenvalue weighted by Gasteiger charge is -2.32. The zero-order valence-corrected chi connectivity index (χ0v) is 16.5. The zero-order valence-electron chi connectivity index (χ0n) is 16.5. The van der Waals surface area contributed by atoms with Gasteiger partial charge in [-0.05, 0) is 43.9 Å². The fourth-order valence-electron chi connectivity index (χ4n) is 3.23. The maximum atomic E-state index is 12.5. The monoisotopic (exact) mass is 378 g/mol. The Morgan fingerprint density at radius 1 is 1.19 bits per heavy atom. The Balaban J connectivity index is 1.79. The van der Waals surface area contributed by atoms with Crippen LogP contribution in [0.3, 0.4) is 0 Å². The Kier molecular flexibility index (Phi) is 8.39. The molecule has 2 rings (SSSR count). The van der Waals surface area contributed by atoms with Crippen molar-refractivity contribution in [1.82, 2.24) is 10.2 Å². The minimum Gasteiger partial charge on any atom is -0.493 e. The van der Waals surface area contributed by atoms with Crippen molar-refractivity contribution in [2.45, 2.75) is 38.6 Å². The molecule has 0 aliphatic carbocycles. The average Bonchev–Trinajstić information content (AvgIpc) is 2.68. The van der Waals surface area contributed by atoms with E-state index in [0.717, 1.165) is 18.4 Å². The number of nitrogens with one attached hydrogen (secondary N) is 1. The van der Waals surface area contributed by atoms with Gasteiger partial charge in [-0.1, -0.05) is 6.07 Å². The van der Waals surface area contributed by atoms with E-state index in [1.165, 1.54) is 7.11 Å². The summed E-state index contributed by atoms with van der Waals surface area (Å²) in [6.45, 7) is 3.92. The zero-order chi connectivity index (χ0) is 19.6. The van der Waals surface area contributed by atoms with Gasteiger partial charge in [-0.2, -0.15) is 0 Å². The molecule has 0 unspecified atom stereocenters. The van der Waals surface area contributed by atoms with Crippen molar-refractivity contribution >= 4 is 11.8 Å². The van der Waals surface area contributed by atoms with Crippen LogP contribution in [0.5, 0.6) is 11.5 Å². The SMILES string of the molecule is CCOc1ccc(CCC(=O)N2CCC(NC(=O)COC)CC2)cc1OC. The van der Waals surface area contributed by atoms with E-state index in [4.69, 9.17) is 14.2 Å². The minimum atomic E-state index is -0.105. The van der Waals surface area contributed by atoms with Gasteiger partial charge in [0.15, 0.2) is 11.5 Å². The van der Waals surface area contributed by atoms with E-state index in [1.54, 1.807) is 7.11 Å². The molecule has 1 heterocycles. The van der Waals surface area contributed by atoms with Crippen LogP contribution in [0, 0.1) is 0 Å². The molecule has 27 heavy (non-hydrogen) atoms. The summed E-state index contributed by atoms with van der Waals surface area (Å²) in [7, 11) is 3.11. The number of likely N-dealkylation sites (tertiary alicyclic amines) is 1. The van der Waals surface area contributed by atoms with Crippen molar-refractivity contribution in [3.05, 3.63) is 23.8 Å². The molecule has 0 spiro atoms. The highest BCUT2D eigenvalue weighted by atomic mass is 16.5. The summed E-state index contributed by atoms with van der Waals surface area (Å²) in [6, 6.07) is 5.90. The van der Waals surface area contributed by atoms with Crippen molar-refractivity contribution in [2.75, 3.05) is 40.5 Å². The fraction of sp³-hybridized carbons (Fsp3) is 0.600. The topological polar surface area (TPSA) is 77.1 Å². The third-order valence-corrected chi connectivity index (χ3v) is 4.64. The van der Waals surface area contributed by atoms with Crippen LogP contribution in [0.25, 0.3) is 0 Å². The van der Waals surface area contributed by atoms with Crippen LogP contribution in [0.1, 0.15) is 31.7 Å². The third-order valence-electron chi connectivity index (χ3n) is 4.64. The van der Waals surface area contributed by atoms with Crippen molar-refractivity contribution in [3.63, 3.8) is 0 Å². The molecule has 1 saturated heterocycles. The number of carbonyl (C=O) groups is 2. The molecular formula is C20H30N2O5. The minimum absolute atomic E-state index is 0.0741. The molecule has 1 fully saturated rings. The van der Waals surface area contributed by atoms with Crippen molar-refractivity contribution in [3.8, 4) is 11.5 Å². The fourth-order valence-corrected chi connectivity index (χ4v) is 3.23. The molecule has 1 N–H and O–H groups in total. The molecule has 1 aliphatic rings. The lowest BCUT2D eigenvalue weighted by atomic mass is 10.0.